The number of ether oxygens (including phenoxy) is 1. The van der Waals surface area contributed by atoms with Crippen molar-refractivity contribution in [3.05, 3.63) is 59.9 Å². The van der Waals surface area contributed by atoms with Gasteiger partial charge in [0.2, 0.25) is 0 Å². The number of amides is 3. The van der Waals surface area contributed by atoms with Gasteiger partial charge in [0, 0.05) is 36.8 Å². The van der Waals surface area contributed by atoms with E-state index in [1.165, 1.54) is 4.90 Å². The largest absolute Gasteiger partial charge is 0.493 e. The zero-order valence-electron chi connectivity index (χ0n) is 13.1. The van der Waals surface area contributed by atoms with Gasteiger partial charge in [-0.05, 0) is 18.2 Å². The van der Waals surface area contributed by atoms with Crippen LogP contribution in [0.3, 0.4) is 0 Å². The lowest BCUT2D eigenvalue weighted by molar-refractivity contribution is -0.132. The molecule has 0 radical (unpaired) electrons. The lowest BCUT2D eigenvalue weighted by Crippen LogP contribution is -2.47. The van der Waals surface area contributed by atoms with Gasteiger partial charge >= 0.3 is 6.03 Å². The van der Waals surface area contributed by atoms with Gasteiger partial charge in [-0.3, -0.25) is 14.7 Å². The molecule has 0 aliphatic carbocycles. The lowest BCUT2D eigenvalue weighted by atomic mass is 9.84. The maximum Gasteiger partial charge on any atom is 0.325 e. The molecule has 122 valence electrons. The van der Waals surface area contributed by atoms with Crippen LogP contribution in [-0.2, 0) is 16.8 Å². The number of urea groups is 1. The van der Waals surface area contributed by atoms with E-state index in [2.05, 4.69) is 10.3 Å². The van der Waals surface area contributed by atoms with Gasteiger partial charge in [-0.2, -0.15) is 0 Å². The summed E-state index contributed by atoms with van der Waals surface area (Å²) in [6, 6.07) is 12.6. The van der Waals surface area contributed by atoms with Crippen molar-refractivity contribution >= 4 is 11.9 Å². The second-order valence-corrected chi connectivity index (χ2v) is 5.96. The molecule has 1 atom stereocenters. The monoisotopic (exact) mass is 323 g/mol. The number of aromatic nitrogens is 1. The van der Waals surface area contributed by atoms with Crippen LogP contribution in [0, 0.1) is 0 Å². The Bertz CT molecular complexity index is 793. The first-order chi connectivity index (χ1) is 11.7. The Balaban J connectivity index is 1.60. The van der Waals surface area contributed by atoms with Gasteiger partial charge in [-0.25, -0.2) is 4.79 Å². The highest BCUT2D eigenvalue weighted by Gasteiger charge is 2.54. The van der Waals surface area contributed by atoms with Gasteiger partial charge in [-0.1, -0.05) is 24.3 Å². The molecule has 2 aromatic rings. The molecular weight excluding hydrogens is 306 g/mol. The molecule has 6 nitrogen and oxygen atoms in total. The number of fused-ring (bicyclic) bond motifs is 2. The number of pyridine rings is 1. The van der Waals surface area contributed by atoms with Gasteiger partial charge < -0.3 is 10.1 Å². The van der Waals surface area contributed by atoms with Gasteiger partial charge in [0.15, 0.2) is 5.54 Å². The third kappa shape index (κ3) is 2.22. The minimum absolute atomic E-state index is 0.209. The molecule has 0 unspecified atom stereocenters. The van der Waals surface area contributed by atoms with Crippen LogP contribution in [0.5, 0.6) is 5.75 Å². The van der Waals surface area contributed by atoms with Crippen molar-refractivity contribution in [2.45, 2.75) is 18.4 Å². The fourth-order valence-electron chi connectivity index (χ4n) is 3.35. The quantitative estimate of drug-likeness (QED) is 0.875. The molecule has 3 heterocycles. The molecule has 1 N–H and O–H groups in total. The third-order valence-electron chi connectivity index (χ3n) is 4.57. The van der Waals surface area contributed by atoms with E-state index >= 15 is 0 Å². The minimum Gasteiger partial charge on any atom is -0.493 e. The fraction of sp³-hybridized carbons (Fsp3) is 0.278. The molecular formula is C18H17N3O3. The molecule has 1 aromatic heterocycles. The molecule has 1 fully saturated rings. The normalized spacial score (nSPS) is 22.2. The van der Waals surface area contributed by atoms with Crippen molar-refractivity contribution in [2.75, 3.05) is 13.2 Å². The van der Waals surface area contributed by atoms with E-state index in [0.29, 0.717) is 31.7 Å². The molecule has 1 aromatic carbocycles. The second kappa shape index (κ2) is 5.63. The van der Waals surface area contributed by atoms with E-state index in [9.17, 15) is 9.59 Å². The summed E-state index contributed by atoms with van der Waals surface area (Å²) in [6.45, 7) is 0.712. The third-order valence-corrected chi connectivity index (χ3v) is 4.57. The summed E-state index contributed by atoms with van der Waals surface area (Å²) in [5, 5.41) is 2.90. The van der Waals surface area contributed by atoms with Crippen LogP contribution in [-0.4, -0.2) is 35.0 Å². The summed E-state index contributed by atoms with van der Waals surface area (Å²) in [5.41, 5.74) is 0.581. The van der Waals surface area contributed by atoms with E-state index in [4.69, 9.17) is 4.74 Å². The highest BCUT2D eigenvalue weighted by atomic mass is 16.5. The Labute approximate surface area is 139 Å². The van der Waals surface area contributed by atoms with Crippen LogP contribution < -0.4 is 10.1 Å². The number of para-hydroxylation sites is 1. The summed E-state index contributed by atoms with van der Waals surface area (Å²) in [4.78, 5) is 31.0. The molecule has 1 saturated heterocycles. The Morgan fingerprint density at radius 2 is 2.00 bits per heavy atom. The average molecular weight is 323 g/mol. The van der Waals surface area contributed by atoms with Gasteiger partial charge in [-0.15, -0.1) is 0 Å². The number of carbonyl (C=O) groups is 2. The molecule has 6 heteroatoms. The number of carbonyl (C=O) groups excluding carboxylic acids is 2. The van der Waals surface area contributed by atoms with Crippen molar-refractivity contribution in [3.63, 3.8) is 0 Å². The molecule has 2 aliphatic heterocycles. The zero-order valence-corrected chi connectivity index (χ0v) is 13.1. The minimum atomic E-state index is -1.00. The van der Waals surface area contributed by atoms with Crippen LogP contribution >= 0.6 is 0 Å². The molecule has 24 heavy (non-hydrogen) atoms. The molecule has 0 bridgehead atoms. The molecule has 3 amide bonds. The number of hydrogen-bond donors (Lipinski definition) is 1. The number of imide groups is 1. The van der Waals surface area contributed by atoms with Crippen molar-refractivity contribution < 1.29 is 14.3 Å². The average Bonchev–Trinajstić information content (AvgIpc) is 2.85. The number of nitrogens with one attached hydrogen (secondary N) is 1. The Morgan fingerprint density at radius 3 is 2.83 bits per heavy atom. The topological polar surface area (TPSA) is 71.5 Å². The second-order valence-electron chi connectivity index (χ2n) is 5.96. The highest BCUT2D eigenvalue weighted by Crippen LogP contribution is 2.40. The Morgan fingerprint density at radius 1 is 1.17 bits per heavy atom. The molecule has 4 rings (SSSR count). The summed E-state index contributed by atoms with van der Waals surface area (Å²) < 4.78 is 5.63. The van der Waals surface area contributed by atoms with E-state index in [1.54, 1.807) is 6.20 Å². The highest BCUT2D eigenvalue weighted by molar-refractivity contribution is 6.07. The molecule has 2 aliphatic rings. The van der Waals surface area contributed by atoms with Crippen molar-refractivity contribution in [2.24, 2.45) is 0 Å². The molecule has 0 saturated carbocycles. The van der Waals surface area contributed by atoms with E-state index < -0.39 is 5.54 Å². The first-order valence-electron chi connectivity index (χ1n) is 7.97. The van der Waals surface area contributed by atoms with Crippen LogP contribution in [0.1, 0.15) is 17.7 Å². The summed E-state index contributed by atoms with van der Waals surface area (Å²) in [6.07, 6.45) is 2.68. The fourth-order valence-corrected chi connectivity index (χ4v) is 3.35. The van der Waals surface area contributed by atoms with E-state index in [1.807, 2.05) is 42.5 Å². The summed E-state index contributed by atoms with van der Waals surface area (Å²) >= 11 is 0. The van der Waals surface area contributed by atoms with E-state index in [0.717, 1.165) is 11.3 Å². The van der Waals surface area contributed by atoms with Crippen LogP contribution in [0.15, 0.2) is 48.7 Å². The van der Waals surface area contributed by atoms with E-state index in [-0.39, 0.29) is 11.9 Å². The predicted molar refractivity (Wildman–Crippen MR) is 86.4 cm³/mol. The maximum atomic E-state index is 13.0. The number of rotatable bonds is 3. The zero-order chi connectivity index (χ0) is 16.6. The summed E-state index contributed by atoms with van der Waals surface area (Å²) in [5.74, 6) is 0.447. The van der Waals surface area contributed by atoms with Crippen molar-refractivity contribution in [1.29, 1.82) is 0 Å². The first kappa shape index (κ1) is 14.7. The number of benzene rings is 1. The van der Waals surface area contributed by atoms with Crippen LogP contribution in [0.2, 0.25) is 0 Å². The smallest absolute Gasteiger partial charge is 0.325 e. The lowest BCUT2D eigenvalue weighted by Gasteiger charge is -2.33. The van der Waals surface area contributed by atoms with Crippen molar-refractivity contribution in [3.8, 4) is 5.75 Å². The van der Waals surface area contributed by atoms with Crippen LogP contribution in [0.25, 0.3) is 0 Å². The standard InChI is InChI=1S/C18H17N3O3/c22-16-18(9-12-24-15-7-2-1-6-14(15)18)20-17(23)21(16)11-8-13-5-3-4-10-19-13/h1-7,10H,8-9,11-12H2,(H,20,23)/t18-/m1/s1. The van der Waals surface area contributed by atoms with Crippen LogP contribution in [0.4, 0.5) is 4.79 Å². The predicted octanol–water partition coefficient (Wildman–Crippen LogP) is 1.85. The van der Waals surface area contributed by atoms with Gasteiger partial charge in [0.1, 0.15) is 5.75 Å². The summed E-state index contributed by atoms with van der Waals surface area (Å²) in [7, 11) is 0. The van der Waals surface area contributed by atoms with Crippen molar-refractivity contribution in [1.82, 2.24) is 15.2 Å². The van der Waals surface area contributed by atoms with Gasteiger partial charge in [0.05, 0.1) is 6.61 Å². The number of hydrogen-bond acceptors (Lipinski definition) is 4. The Kier molecular flexibility index (Phi) is 3.45. The number of nitrogens with zero attached hydrogens (tertiary/aromatic N) is 2. The first-order valence-corrected chi connectivity index (χ1v) is 7.97. The molecule has 1 spiro atoms. The van der Waals surface area contributed by atoms with Gasteiger partial charge in [0.25, 0.3) is 5.91 Å². The maximum absolute atomic E-state index is 13.0. The Hall–Kier alpha value is -2.89. The SMILES string of the molecule is O=C1N[C@@]2(CCOc3ccccc32)C(=O)N1CCc1ccccn1.